The minimum Gasteiger partial charge on any atom is -0.370 e. The first-order valence-electron chi connectivity index (χ1n) is 8.57. The summed E-state index contributed by atoms with van der Waals surface area (Å²) in [5.74, 6) is 0. The van der Waals surface area contributed by atoms with Crippen LogP contribution in [0.1, 0.15) is 37.3 Å². The van der Waals surface area contributed by atoms with Crippen LogP contribution in [0.3, 0.4) is 0 Å². The van der Waals surface area contributed by atoms with Crippen LogP contribution in [0.25, 0.3) is 0 Å². The van der Waals surface area contributed by atoms with E-state index in [2.05, 4.69) is 47.2 Å². The average Bonchev–Trinajstić information content (AvgIpc) is 2.83. The summed E-state index contributed by atoms with van der Waals surface area (Å²) in [5, 5.41) is 3.41. The lowest BCUT2D eigenvalue weighted by Crippen LogP contribution is -2.36. The summed E-state index contributed by atoms with van der Waals surface area (Å²) in [4.78, 5) is 5.33. The van der Waals surface area contributed by atoms with E-state index >= 15 is 0 Å². The van der Waals surface area contributed by atoms with E-state index in [1.54, 1.807) is 0 Å². The summed E-state index contributed by atoms with van der Waals surface area (Å²) in [6.45, 7) is 11.5. The van der Waals surface area contributed by atoms with Crippen molar-refractivity contribution < 1.29 is 0 Å². The standard InChI is InChI=1S/C18H29N3/c1-3-19-13-16-7-8-18(15(2)12-16)21-11-5-10-20-9-4-6-17(20)14-21/h7-8,12,17,19H,3-6,9-11,13-14H2,1-2H3. The molecule has 2 fully saturated rings. The maximum absolute atomic E-state index is 3.41. The third-order valence-corrected chi connectivity index (χ3v) is 4.98. The number of fused-ring (bicyclic) bond motifs is 1. The molecule has 0 amide bonds. The van der Waals surface area contributed by atoms with Crippen molar-refractivity contribution in [3.8, 4) is 0 Å². The maximum atomic E-state index is 3.41. The molecule has 3 nitrogen and oxygen atoms in total. The molecule has 2 aliphatic heterocycles. The highest BCUT2D eigenvalue weighted by Gasteiger charge is 2.29. The number of aryl methyl sites for hydroxylation is 1. The molecule has 2 heterocycles. The number of anilines is 1. The second-order valence-corrected chi connectivity index (χ2v) is 6.53. The fourth-order valence-corrected chi connectivity index (χ4v) is 3.88. The van der Waals surface area contributed by atoms with Crippen LogP contribution in [-0.2, 0) is 6.54 Å². The Balaban J connectivity index is 1.73. The zero-order valence-electron chi connectivity index (χ0n) is 13.6. The zero-order valence-corrected chi connectivity index (χ0v) is 13.6. The monoisotopic (exact) mass is 287 g/mol. The summed E-state index contributed by atoms with van der Waals surface area (Å²) in [7, 11) is 0. The number of hydrogen-bond donors (Lipinski definition) is 1. The van der Waals surface area contributed by atoms with Gasteiger partial charge in [0.15, 0.2) is 0 Å². The molecule has 1 unspecified atom stereocenters. The van der Waals surface area contributed by atoms with Crippen molar-refractivity contribution in [3.05, 3.63) is 29.3 Å². The van der Waals surface area contributed by atoms with Crippen molar-refractivity contribution in [2.24, 2.45) is 0 Å². The second-order valence-electron chi connectivity index (χ2n) is 6.53. The van der Waals surface area contributed by atoms with Crippen LogP contribution >= 0.6 is 0 Å². The molecule has 116 valence electrons. The van der Waals surface area contributed by atoms with E-state index in [-0.39, 0.29) is 0 Å². The predicted molar refractivity (Wildman–Crippen MR) is 90.0 cm³/mol. The quantitative estimate of drug-likeness (QED) is 0.918. The maximum Gasteiger partial charge on any atom is 0.0396 e. The van der Waals surface area contributed by atoms with Crippen molar-refractivity contribution in [2.45, 2.75) is 45.7 Å². The van der Waals surface area contributed by atoms with Gasteiger partial charge in [-0.1, -0.05) is 19.1 Å². The van der Waals surface area contributed by atoms with E-state index in [1.165, 1.54) is 62.3 Å². The van der Waals surface area contributed by atoms with Gasteiger partial charge in [-0.2, -0.15) is 0 Å². The number of benzene rings is 1. The highest BCUT2D eigenvalue weighted by molar-refractivity contribution is 5.54. The molecule has 1 atom stereocenters. The Morgan fingerprint density at radius 1 is 1.19 bits per heavy atom. The van der Waals surface area contributed by atoms with Crippen molar-refractivity contribution in [1.29, 1.82) is 0 Å². The molecule has 0 spiro atoms. The molecule has 3 heteroatoms. The van der Waals surface area contributed by atoms with Gasteiger partial charge in [0.05, 0.1) is 0 Å². The molecule has 1 N–H and O–H groups in total. The van der Waals surface area contributed by atoms with E-state index in [0.717, 1.165) is 19.1 Å². The predicted octanol–water partition coefficient (Wildman–Crippen LogP) is 2.78. The van der Waals surface area contributed by atoms with Crippen LogP contribution in [0.2, 0.25) is 0 Å². The highest BCUT2D eigenvalue weighted by atomic mass is 15.3. The molecular formula is C18H29N3. The third-order valence-electron chi connectivity index (χ3n) is 4.98. The van der Waals surface area contributed by atoms with E-state index < -0.39 is 0 Å². The first-order valence-corrected chi connectivity index (χ1v) is 8.57. The molecule has 1 aromatic rings. The fourth-order valence-electron chi connectivity index (χ4n) is 3.88. The van der Waals surface area contributed by atoms with Crippen LogP contribution in [0.4, 0.5) is 5.69 Å². The Hall–Kier alpha value is -1.06. The van der Waals surface area contributed by atoms with E-state index in [1.807, 2.05) is 0 Å². The molecule has 0 bridgehead atoms. The summed E-state index contributed by atoms with van der Waals surface area (Å²) in [6.07, 6.45) is 4.07. The first kappa shape index (κ1) is 14.9. The topological polar surface area (TPSA) is 18.5 Å². The fraction of sp³-hybridized carbons (Fsp3) is 0.667. The van der Waals surface area contributed by atoms with E-state index in [9.17, 15) is 0 Å². The Labute approximate surface area is 129 Å². The Kier molecular flexibility index (Phi) is 4.81. The lowest BCUT2D eigenvalue weighted by molar-refractivity contribution is 0.273. The number of hydrogen-bond acceptors (Lipinski definition) is 3. The smallest absolute Gasteiger partial charge is 0.0396 e. The molecule has 0 aliphatic carbocycles. The summed E-state index contributed by atoms with van der Waals surface area (Å²) in [5.41, 5.74) is 4.27. The molecule has 0 radical (unpaired) electrons. The van der Waals surface area contributed by atoms with Crippen LogP contribution in [0, 0.1) is 6.92 Å². The minimum absolute atomic E-state index is 0.785. The molecular weight excluding hydrogens is 258 g/mol. The van der Waals surface area contributed by atoms with Crippen LogP contribution in [0.5, 0.6) is 0 Å². The molecule has 3 rings (SSSR count). The second kappa shape index (κ2) is 6.80. The van der Waals surface area contributed by atoms with E-state index in [4.69, 9.17) is 0 Å². The van der Waals surface area contributed by atoms with Gasteiger partial charge < -0.3 is 10.2 Å². The Morgan fingerprint density at radius 2 is 2.05 bits per heavy atom. The van der Waals surface area contributed by atoms with Gasteiger partial charge in [0.25, 0.3) is 0 Å². The Morgan fingerprint density at radius 3 is 2.86 bits per heavy atom. The summed E-state index contributed by atoms with van der Waals surface area (Å²) >= 11 is 0. The molecule has 0 saturated carbocycles. The van der Waals surface area contributed by atoms with Crippen LogP contribution in [-0.4, -0.2) is 43.7 Å². The third kappa shape index (κ3) is 3.41. The molecule has 2 aliphatic rings. The van der Waals surface area contributed by atoms with Crippen molar-refractivity contribution in [2.75, 3.05) is 37.6 Å². The number of rotatable bonds is 4. The summed E-state index contributed by atoms with van der Waals surface area (Å²) < 4.78 is 0. The number of nitrogens with zero attached hydrogens (tertiary/aromatic N) is 2. The molecule has 0 aromatic heterocycles. The molecule has 21 heavy (non-hydrogen) atoms. The van der Waals surface area contributed by atoms with Crippen molar-refractivity contribution >= 4 is 5.69 Å². The average molecular weight is 287 g/mol. The molecule has 2 saturated heterocycles. The van der Waals surface area contributed by atoms with E-state index in [0.29, 0.717) is 0 Å². The van der Waals surface area contributed by atoms with Gasteiger partial charge in [-0.25, -0.2) is 0 Å². The first-order chi connectivity index (χ1) is 10.3. The van der Waals surface area contributed by atoms with Crippen LogP contribution < -0.4 is 10.2 Å². The van der Waals surface area contributed by atoms with Crippen molar-refractivity contribution in [1.82, 2.24) is 10.2 Å². The minimum atomic E-state index is 0.785. The van der Waals surface area contributed by atoms with Crippen LogP contribution in [0.15, 0.2) is 18.2 Å². The van der Waals surface area contributed by atoms with Gasteiger partial charge in [-0.05, 0) is 56.5 Å². The van der Waals surface area contributed by atoms with Gasteiger partial charge >= 0.3 is 0 Å². The van der Waals surface area contributed by atoms with Gasteiger partial charge in [0, 0.05) is 37.9 Å². The summed E-state index contributed by atoms with van der Waals surface area (Å²) in [6, 6.07) is 7.78. The molecule has 1 aromatic carbocycles. The zero-order chi connectivity index (χ0) is 14.7. The lowest BCUT2D eigenvalue weighted by atomic mass is 10.1. The van der Waals surface area contributed by atoms with Crippen molar-refractivity contribution in [3.63, 3.8) is 0 Å². The lowest BCUT2D eigenvalue weighted by Gasteiger charge is -2.28. The largest absolute Gasteiger partial charge is 0.370 e. The van der Waals surface area contributed by atoms with Gasteiger partial charge in [0.2, 0.25) is 0 Å². The SMILES string of the molecule is CCNCc1ccc(N2CCCN3CCCC3C2)c(C)c1. The van der Waals surface area contributed by atoms with Gasteiger partial charge in [0.1, 0.15) is 0 Å². The Bertz CT molecular complexity index is 472. The normalized spacial score (nSPS) is 23.1. The van der Waals surface area contributed by atoms with Gasteiger partial charge in [-0.3, -0.25) is 4.90 Å². The van der Waals surface area contributed by atoms with Gasteiger partial charge in [-0.15, -0.1) is 0 Å². The number of nitrogens with one attached hydrogen (secondary N) is 1. The highest BCUT2D eigenvalue weighted by Crippen LogP contribution is 2.27.